The monoisotopic (exact) mass is 212 g/mol. The molecule has 0 spiro atoms. The van der Waals surface area contributed by atoms with Gasteiger partial charge in [0.25, 0.3) is 5.91 Å². The minimum atomic E-state index is -0.702. The Bertz CT molecular complexity index is 355. The molecule has 0 aliphatic heterocycles. The Kier molecular flexibility index (Phi) is 3.27. The van der Waals surface area contributed by atoms with E-state index in [1.807, 2.05) is 0 Å². The second kappa shape index (κ2) is 4.45. The second-order valence-corrected chi connectivity index (χ2v) is 2.56. The van der Waals surface area contributed by atoms with Gasteiger partial charge in [0, 0.05) is 7.05 Å². The van der Waals surface area contributed by atoms with E-state index in [0.29, 0.717) is 0 Å². The largest absolute Gasteiger partial charge is 0.480 e. The van der Waals surface area contributed by atoms with Gasteiger partial charge in [-0.3, -0.25) is 4.79 Å². The first-order chi connectivity index (χ1) is 7.13. The predicted octanol–water partition coefficient (Wildman–Crippen LogP) is -0.366. The Morgan fingerprint density at radius 2 is 1.73 bits per heavy atom. The fourth-order valence-corrected chi connectivity index (χ4v) is 1.04. The molecule has 0 radical (unpaired) electrons. The summed E-state index contributed by atoms with van der Waals surface area (Å²) in [5.74, 6) is -0.252. The molecular formula is C8H12N4O3. The van der Waals surface area contributed by atoms with Crippen LogP contribution < -0.4 is 20.5 Å². The summed E-state index contributed by atoms with van der Waals surface area (Å²) in [5.41, 5.74) is 5.19. The number of aromatic nitrogens is 2. The van der Waals surface area contributed by atoms with Crippen LogP contribution in [0.15, 0.2) is 0 Å². The molecule has 82 valence electrons. The Morgan fingerprint density at radius 1 is 1.27 bits per heavy atom. The van der Waals surface area contributed by atoms with Crippen molar-refractivity contribution >= 4 is 11.9 Å². The van der Waals surface area contributed by atoms with Crippen molar-refractivity contribution < 1.29 is 14.3 Å². The first kappa shape index (κ1) is 11.0. The van der Waals surface area contributed by atoms with Crippen molar-refractivity contribution in [3.8, 4) is 11.8 Å². The third kappa shape index (κ3) is 2.06. The van der Waals surface area contributed by atoms with Crippen molar-refractivity contribution in [1.82, 2.24) is 9.97 Å². The molecule has 0 saturated carbocycles. The lowest BCUT2D eigenvalue weighted by molar-refractivity contribution is 0.0992. The van der Waals surface area contributed by atoms with E-state index >= 15 is 0 Å². The number of amides is 1. The van der Waals surface area contributed by atoms with E-state index in [0.717, 1.165) is 0 Å². The van der Waals surface area contributed by atoms with Crippen LogP contribution in [0.1, 0.15) is 10.4 Å². The maximum absolute atomic E-state index is 11.1. The first-order valence-corrected chi connectivity index (χ1v) is 4.11. The highest BCUT2D eigenvalue weighted by Gasteiger charge is 2.20. The number of rotatable bonds is 4. The van der Waals surface area contributed by atoms with E-state index in [1.165, 1.54) is 14.2 Å². The lowest BCUT2D eigenvalue weighted by atomic mass is 10.3. The van der Waals surface area contributed by atoms with E-state index < -0.39 is 5.91 Å². The van der Waals surface area contributed by atoms with Crippen LogP contribution >= 0.6 is 0 Å². The molecule has 3 N–H and O–H groups in total. The number of primary amides is 1. The molecule has 0 unspecified atom stereocenters. The van der Waals surface area contributed by atoms with Crippen molar-refractivity contribution in [1.29, 1.82) is 0 Å². The Hall–Kier alpha value is -2.05. The van der Waals surface area contributed by atoms with E-state index in [9.17, 15) is 4.79 Å². The molecule has 7 heteroatoms. The molecular weight excluding hydrogens is 200 g/mol. The molecule has 1 rings (SSSR count). The number of hydrogen-bond donors (Lipinski definition) is 2. The SMILES string of the molecule is CNc1nc(OC)c(C(N)=O)c(OC)n1. The summed E-state index contributed by atoms with van der Waals surface area (Å²) >= 11 is 0. The average Bonchev–Trinajstić information content (AvgIpc) is 2.26. The Labute approximate surface area is 86.6 Å². The van der Waals surface area contributed by atoms with Gasteiger partial charge in [-0.15, -0.1) is 0 Å². The Balaban J connectivity index is 3.39. The quantitative estimate of drug-likeness (QED) is 0.706. The van der Waals surface area contributed by atoms with Gasteiger partial charge in [0.15, 0.2) is 5.56 Å². The second-order valence-electron chi connectivity index (χ2n) is 2.56. The number of nitrogens with two attached hydrogens (primary N) is 1. The average molecular weight is 212 g/mol. The molecule has 0 bridgehead atoms. The third-order valence-electron chi connectivity index (χ3n) is 1.70. The maximum Gasteiger partial charge on any atom is 0.259 e. The standard InChI is InChI=1S/C8H12N4O3/c1-10-8-11-6(14-2)4(5(9)13)7(12-8)15-3/h1-3H3,(H2,9,13)(H,10,11,12). The minimum absolute atomic E-state index is 0.0269. The van der Waals surface area contributed by atoms with Gasteiger partial charge < -0.3 is 20.5 Å². The van der Waals surface area contributed by atoms with Crippen LogP contribution in [-0.2, 0) is 0 Å². The van der Waals surface area contributed by atoms with Crippen molar-refractivity contribution in [2.75, 3.05) is 26.6 Å². The molecule has 0 aliphatic carbocycles. The molecule has 0 fully saturated rings. The van der Waals surface area contributed by atoms with E-state index in [4.69, 9.17) is 15.2 Å². The lowest BCUT2D eigenvalue weighted by Gasteiger charge is -2.10. The number of methoxy groups -OCH3 is 2. The molecule has 1 aromatic heterocycles. The number of nitrogens with one attached hydrogen (secondary N) is 1. The molecule has 0 aromatic carbocycles. The van der Waals surface area contributed by atoms with Crippen molar-refractivity contribution in [3.05, 3.63) is 5.56 Å². The normalized spacial score (nSPS) is 9.53. The highest BCUT2D eigenvalue weighted by atomic mass is 16.5. The summed E-state index contributed by atoms with van der Waals surface area (Å²) in [6.07, 6.45) is 0. The van der Waals surface area contributed by atoms with Crippen LogP contribution in [0.2, 0.25) is 0 Å². The number of nitrogens with zero attached hydrogens (tertiary/aromatic N) is 2. The van der Waals surface area contributed by atoms with Crippen molar-refractivity contribution in [3.63, 3.8) is 0 Å². The smallest absolute Gasteiger partial charge is 0.259 e. The summed E-state index contributed by atoms with van der Waals surface area (Å²) in [6.45, 7) is 0. The van der Waals surface area contributed by atoms with Gasteiger partial charge in [-0.25, -0.2) is 0 Å². The van der Waals surface area contributed by atoms with Crippen molar-refractivity contribution in [2.45, 2.75) is 0 Å². The summed E-state index contributed by atoms with van der Waals surface area (Å²) in [5, 5.41) is 2.71. The van der Waals surface area contributed by atoms with E-state index in [-0.39, 0.29) is 23.3 Å². The number of anilines is 1. The van der Waals surface area contributed by atoms with Crippen molar-refractivity contribution in [2.24, 2.45) is 5.73 Å². The first-order valence-electron chi connectivity index (χ1n) is 4.11. The predicted molar refractivity (Wildman–Crippen MR) is 53.2 cm³/mol. The van der Waals surface area contributed by atoms with Gasteiger partial charge in [0.2, 0.25) is 17.7 Å². The number of ether oxygens (including phenoxy) is 2. The van der Waals surface area contributed by atoms with Crippen LogP contribution in [0.5, 0.6) is 11.8 Å². The molecule has 7 nitrogen and oxygen atoms in total. The number of hydrogen-bond acceptors (Lipinski definition) is 6. The van der Waals surface area contributed by atoms with Gasteiger partial charge in [-0.1, -0.05) is 0 Å². The third-order valence-corrected chi connectivity index (χ3v) is 1.70. The summed E-state index contributed by atoms with van der Waals surface area (Å²) in [7, 11) is 4.40. The highest BCUT2D eigenvalue weighted by Crippen LogP contribution is 2.25. The van der Waals surface area contributed by atoms with Crippen LogP contribution in [0.4, 0.5) is 5.95 Å². The van der Waals surface area contributed by atoms with Gasteiger partial charge in [0.1, 0.15) is 0 Å². The summed E-state index contributed by atoms with van der Waals surface area (Å²) in [4.78, 5) is 19.0. The highest BCUT2D eigenvalue weighted by molar-refractivity contribution is 5.97. The fraction of sp³-hybridized carbons (Fsp3) is 0.375. The zero-order valence-electron chi connectivity index (χ0n) is 8.70. The summed E-state index contributed by atoms with van der Waals surface area (Å²) < 4.78 is 9.84. The van der Waals surface area contributed by atoms with Gasteiger partial charge in [-0.2, -0.15) is 9.97 Å². The van der Waals surface area contributed by atoms with Gasteiger partial charge in [-0.05, 0) is 0 Å². The molecule has 0 aliphatic rings. The molecule has 1 heterocycles. The van der Waals surface area contributed by atoms with Crippen LogP contribution in [0.3, 0.4) is 0 Å². The van der Waals surface area contributed by atoms with Gasteiger partial charge in [0.05, 0.1) is 14.2 Å². The minimum Gasteiger partial charge on any atom is -0.480 e. The zero-order valence-corrected chi connectivity index (χ0v) is 8.70. The Morgan fingerprint density at radius 3 is 2.00 bits per heavy atom. The van der Waals surface area contributed by atoms with Gasteiger partial charge >= 0.3 is 0 Å². The lowest BCUT2D eigenvalue weighted by Crippen LogP contribution is -2.16. The zero-order chi connectivity index (χ0) is 11.4. The number of carbonyl (C=O) groups is 1. The molecule has 15 heavy (non-hydrogen) atoms. The molecule has 1 amide bonds. The van der Waals surface area contributed by atoms with Crippen LogP contribution in [0.25, 0.3) is 0 Å². The molecule has 0 atom stereocenters. The van der Waals surface area contributed by atoms with Crippen LogP contribution in [0, 0.1) is 0 Å². The maximum atomic E-state index is 11.1. The van der Waals surface area contributed by atoms with Crippen LogP contribution in [-0.4, -0.2) is 37.1 Å². The van der Waals surface area contributed by atoms with E-state index in [1.54, 1.807) is 7.05 Å². The topological polar surface area (TPSA) is 99.4 Å². The molecule has 1 aromatic rings. The van der Waals surface area contributed by atoms with E-state index in [2.05, 4.69) is 15.3 Å². The fourth-order valence-electron chi connectivity index (χ4n) is 1.04. The molecule has 0 saturated heterocycles. The number of carbonyl (C=O) groups excluding carboxylic acids is 1. The summed E-state index contributed by atoms with van der Waals surface area (Å²) in [6, 6.07) is 0.